The average molecular weight is 343 g/mol. The Morgan fingerprint density at radius 2 is 2.00 bits per heavy atom. The van der Waals surface area contributed by atoms with Gasteiger partial charge in [0.2, 0.25) is 5.91 Å². The number of carbonyl (C=O) groups excluding carboxylic acids is 2. The SMILES string of the molecule is CS(=O)(=O)[C@@H]1CCCC[C@H]1NC(=O)CCC(=O)c1cccs1. The normalized spacial score (nSPS) is 22.2. The molecular formula is C15H21NO4S2. The van der Waals surface area contributed by atoms with Gasteiger partial charge in [0.1, 0.15) is 0 Å². The Bertz CT molecular complexity index is 622. The molecule has 2 rings (SSSR count). The molecule has 1 N–H and O–H groups in total. The summed E-state index contributed by atoms with van der Waals surface area (Å²) in [6.45, 7) is 0. The molecule has 1 heterocycles. The first-order valence-corrected chi connectivity index (χ1v) is 10.3. The summed E-state index contributed by atoms with van der Waals surface area (Å²) in [5.74, 6) is -0.293. The molecule has 5 nitrogen and oxygen atoms in total. The van der Waals surface area contributed by atoms with Gasteiger partial charge in [-0.2, -0.15) is 0 Å². The van der Waals surface area contributed by atoms with Gasteiger partial charge >= 0.3 is 0 Å². The number of Topliss-reactive ketones (excluding diaryl/α,β-unsaturated/α-hetero) is 1. The summed E-state index contributed by atoms with van der Waals surface area (Å²) in [5, 5.41) is 4.13. The van der Waals surface area contributed by atoms with Crippen LogP contribution < -0.4 is 5.32 Å². The fourth-order valence-electron chi connectivity index (χ4n) is 2.84. The molecule has 7 heteroatoms. The largest absolute Gasteiger partial charge is 0.352 e. The van der Waals surface area contributed by atoms with Crippen LogP contribution in [0.15, 0.2) is 17.5 Å². The molecule has 0 bridgehead atoms. The van der Waals surface area contributed by atoms with Crippen LogP contribution in [0.25, 0.3) is 0 Å². The Morgan fingerprint density at radius 1 is 1.27 bits per heavy atom. The van der Waals surface area contributed by atoms with Crippen molar-refractivity contribution in [2.75, 3.05) is 6.26 Å². The summed E-state index contributed by atoms with van der Waals surface area (Å²) in [6, 6.07) is 3.22. The standard InChI is InChI=1S/C15H21NO4S2/c1-22(19,20)14-7-3-2-5-11(14)16-15(18)9-8-12(17)13-6-4-10-21-13/h4,6,10-11,14H,2-3,5,7-9H2,1H3,(H,16,18)/t11-,14-/m1/s1. The van der Waals surface area contributed by atoms with Gasteiger partial charge in [0.15, 0.2) is 15.6 Å². The lowest BCUT2D eigenvalue weighted by Gasteiger charge is -2.30. The maximum atomic E-state index is 12.0. The van der Waals surface area contributed by atoms with Crippen molar-refractivity contribution in [3.8, 4) is 0 Å². The van der Waals surface area contributed by atoms with Crippen molar-refractivity contribution < 1.29 is 18.0 Å². The molecule has 122 valence electrons. The van der Waals surface area contributed by atoms with Gasteiger partial charge in [-0.1, -0.05) is 18.9 Å². The van der Waals surface area contributed by atoms with E-state index in [-0.39, 0.29) is 30.6 Å². The Kier molecular flexibility index (Phi) is 5.74. The number of amides is 1. The third kappa shape index (κ3) is 4.64. The topological polar surface area (TPSA) is 80.3 Å². The second kappa shape index (κ2) is 7.37. The van der Waals surface area contributed by atoms with Gasteiger partial charge in [0, 0.05) is 25.1 Å². The number of hydrogen-bond donors (Lipinski definition) is 1. The van der Waals surface area contributed by atoms with Crippen LogP contribution in [0.3, 0.4) is 0 Å². The third-order valence-electron chi connectivity index (χ3n) is 3.97. The Morgan fingerprint density at radius 3 is 2.64 bits per heavy atom. The fraction of sp³-hybridized carbons (Fsp3) is 0.600. The zero-order valence-corrected chi connectivity index (χ0v) is 14.2. The minimum absolute atomic E-state index is 0.0477. The van der Waals surface area contributed by atoms with Crippen LogP contribution in [-0.2, 0) is 14.6 Å². The van der Waals surface area contributed by atoms with Crippen LogP contribution in [-0.4, -0.2) is 37.7 Å². The molecule has 1 aromatic rings. The van der Waals surface area contributed by atoms with E-state index in [1.54, 1.807) is 12.1 Å². The summed E-state index contributed by atoms with van der Waals surface area (Å²) in [6.07, 6.45) is 4.56. The van der Waals surface area contributed by atoms with Crippen LogP contribution in [0, 0.1) is 0 Å². The lowest BCUT2D eigenvalue weighted by Crippen LogP contribution is -2.48. The zero-order valence-electron chi connectivity index (χ0n) is 12.6. The highest BCUT2D eigenvalue weighted by molar-refractivity contribution is 7.91. The van der Waals surface area contributed by atoms with Gasteiger partial charge in [0.05, 0.1) is 10.1 Å². The van der Waals surface area contributed by atoms with E-state index < -0.39 is 15.1 Å². The van der Waals surface area contributed by atoms with Crippen molar-refractivity contribution in [1.82, 2.24) is 5.32 Å². The van der Waals surface area contributed by atoms with E-state index in [4.69, 9.17) is 0 Å². The van der Waals surface area contributed by atoms with E-state index in [0.717, 1.165) is 12.8 Å². The summed E-state index contributed by atoms with van der Waals surface area (Å²) in [5.41, 5.74) is 0. The third-order valence-corrected chi connectivity index (χ3v) is 6.55. The molecule has 22 heavy (non-hydrogen) atoms. The quantitative estimate of drug-likeness (QED) is 0.803. The van der Waals surface area contributed by atoms with Crippen molar-refractivity contribution in [3.63, 3.8) is 0 Å². The number of sulfone groups is 1. The van der Waals surface area contributed by atoms with Gasteiger partial charge < -0.3 is 5.32 Å². The highest BCUT2D eigenvalue weighted by Crippen LogP contribution is 2.24. The summed E-state index contributed by atoms with van der Waals surface area (Å²) >= 11 is 1.36. The van der Waals surface area contributed by atoms with E-state index in [9.17, 15) is 18.0 Å². The molecule has 1 aliphatic carbocycles. The van der Waals surface area contributed by atoms with Gasteiger partial charge in [-0.15, -0.1) is 11.3 Å². The first-order chi connectivity index (χ1) is 10.4. The van der Waals surface area contributed by atoms with E-state index in [0.29, 0.717) is 17.7 Å². The van der Waals surface area contributed by atoms with Crippen molar-refractivity contribution in [3.05, 3.63) is 22.4 Å². The molecule has 1 amide bonds. The predicted molar refractivity (Wildman–Crippen MR) is 86.9 cm³/mol. The number of hydrogen-bond acceptors (Lipinski definition) is 5. The van der Waals surface area contributed by atoms with Crippen LogP contribution in [0.2, 0.25) is 0 Å². The van der Waals surface area contributed by atoms with Gasteiger partial charge in [0.25, 0.3) is 0 Å². The van der Waals surface area contributed by atoms with Gasteiger partial charge in [-0.05, 0) is 24.3 Å². The lowest BCUT2D eigenvalue weighted by atomic mass is 9.94. The molecule has 0 aromatic carbocycles. The molecule has 1 aromatic heterocycles. The fourth-order valence-corrected chi connectivity index (χ4v) is 4.93. The number of carbonyl (C=O) groups is 2. The number of ketones is 1. The van der Waals surface area contributed by atoms with E-state index in [1.165, 1.54) is 17.6 Å². The minimum Gasteiger partial charge on any atom is -0.352 e. The Hall–Kier alpha value is -1.21. The highest BCUT2D eigenvalue weighted by atomic mass is 32.2. The second-order valence-electron chi connectivity index (χ2n) is 5.73. The summed E-state index contributed by atoms with van der Waals surface area (Å²) in [7, 11) is -3.17. The maximum absolute atomic E-state index is 12.0. The molecule has 2 atom stereocenters. The van der Waals surface area contributed by atoms with Gasteiger partial charge in [-0.25, -0.2) is 8.42 Å². The van der Waals surface area contributed by atoms with Crippen LogP contribution in [0.5, 0.6) is 0 Å². The first kappa shape index (κ1) is 17.1. The average Bonchev–Trinajstić information content (AvgIpc) is 2.98. The second-order valence-corrected chi connectivity index (χ2v) is 8.94. The van der Waals surface area contributed by atoms with Crippen LogP contribution >= 0.6 is 11.3 Å². The molecule has 0 unspecified atom stereocenters. The Balaban J connectivity index is 1.86. The van der Waals surface area contributed by atoms with E-state index in [2.05, 4.69) is 5.32 Å². The monoisotopic (exact) mass is 343 g/mol. The number of nitrogens with one attached hydrogen (secondary N) is 1. The molecule has 0 saturated heterocycles. The minimum atomic E-state index is -3.17. The molecule has 0 aliphatic heterocycles. The molecule has 1 fully saturated rings. The molecule has 0 spiro atoms. The Labute approximate surface area is 135 Å². The smallest absolute Gasteiger partial charge is 0.220 e. The summed E-state index contributed by atoms with van der Waals surface area (Å²) < 4.78 is 23.6. The molecule has 1 saturated carbocycles. The summed E-state index contributed by atoms with van der Waals surface area (Å²) in [4.78, 5) is 24.5. The number of thiophene rings is 1. The van der Waals surface area contributed by atoms with Crippen molar-refractivity contribution in [1.29, 1.82) is 0 Å². The zero-order chi connectivity index (χ0) is 16.2. The van der Waals surface area contributed by atoms with Crippen molar-refractivity contribution in [2.24, 2.45) is 0 Å². The maximum Gasteiger partial charge on any atom is 0.220 e. The molecule has 1 aliphatic rings. The molecular weight excluding hydrogens is 322 g/mol. The van der Waals surface area contributed by atoms with E-state index >= 15 is 0 Å². The first-order valence-electron chi connectivity index (χ1n) is 7.43. The van der Waals surface area contributed by atoms with Gasteiger partial charge in [-0.3, -0.25) is 9.59 Å². The van der Waals surface area contributed by atoms with Crippen molar-refractivity contribution >= 4 is 32.9 Å². The van der Waals surface area contributed by atoms with Crippen molar-refractivity contribution in [2.45, 2.75) is 49.8 Å². The van der Waals surface area contributed by atoms with Crippen LogP contribution in [0.4, 0.5) is 0 Å². The molecule has 0 radical (unpaired) electrons. The lowest BCUT2D eigenvalue weighted by molar-refractivity contribution is -0.121. The van der Waals surface area contributed by atoms with E-state index in [1.807, 2.05) is 5.38 Å². The highest BCUT2D eigenvalue weighted by Gasteiger charge is 2.33. The number of rotatable bonds is 6. The van der Waals surface area contributed by atoms with Crippen LogP contribution in [0.1, 0.15) is 48.2 Å². The predicted octanol–water partition coefficient (Wildman–Crippen LogP) is 2.18.